The third-order valence-electron chi connectivity index (χ3n) is 3.60. The van der Waals surface area contributed by atoms with Crippen LogP contribution in [-0.2, 0) is 0 Å². The van der Waals surface area contributed by atoms with E-state index < -0.39 is 0 Å². The van der Waals surface area contributed by atoms with Crippen LogP contribution in [0.25, 0.3) is 0 Å². The van der Waals surface area contributed by atoms with Crippen molar-refractivity contribution in [2.24, 2.45) is 0 Å². The third kappa shape index (κ3) is 5.03. The number of carbonyl (C=O) groups is 1. The molecule has 24 heavy (non-hydrogen) atoms. The molecule has 2 aromatic rings. The zero-order valence-electron chi connectivity index (χ0n) is 14.6. The largest absolute Gasteiger partial charge is 0.351 e. The number of carbonyl (C=O) groups excluding carboxylic acids is 1. The molecule has 2 rings (SSSR count). The van der Waals surface area contributed by atoms with Gasteiger partial charge in [-0.1, -0.05) is 18.2 Å². The second-order valence-corrected chi connectivity index (χ2v) is 5.75. The molecule has 0 saturated heterocycles. The number of para-hydroxylation sites is 1. The number of hydrogen-bond donors (Lipinski definition) is 1. The molecular formula is C18H25N5O. The topological polar surface area (TPSA) is 61.4 Å². The van der Waals surface area contributed by atoms with Crippen LogP contribution in [0, 0.1) is 0 Å². The highest BCUT2D eigenvalue weighted by Gasteiger charge is 2.11. The maximum absolute atomic E-state index is 12.1. The van der Waals surface area contributed by atoms with Gasteiger partial charge in [-0.15, -0.1) is 0 Å². The van der Waals surface area contributed by atoms with E-state index in [0.29, 0.717) is 12.2 Å². The van der Waals surface area contributed by atoms with Gasteiger partial charge in [0.2, 0.25) is 0 Å². The summed E-state index contributed by atoms with van der Waals surface area (Å²) in [6.45, 7) is 4.40. The summed E-state index contributed by atoms with van der Waals surface area (Å²) in [6.07, 6.45) is 4.08. The summed E-state index contributed by atoms with van der Waals surface area (Å²) in [6, 6.07) is 10.0. The molecule has 1 amide bonds. The summed E-state index contributed by atoms with van der Waals surface area (Å²) in [5.74, 6) is 0.545. The highest BCUT2D eigenvalue weighted by molar-refractivity contribution is 5.92. The molecule has 0 spiro atoms. The van der Waals surface area contributed by atoms with E-state index in [9.17, 15) is 4.79 Å². The molecule has 0 unspecified atom stereocenters. The van der Waals surface area contributed by atoms with E-state index in [2.05, 4.69) is 27.1 Å². The van der Waals surface area contributed by atoms with Gasteiger partial charge in [0.25, 0.3) is 5.91 Å². The predicted molar refractivity (Wildman–Crippen MR) is 96.7 cm³/mol. The highest BCUT2D eigenvalue weighted by Crippen LogP contribution is 2.21. The Morgan fingerprint density at radius 3 is 2.46 bits per heavy atom. The first-order chi connectivity index (χ1) is 11.6. The van der Waals surface area contributed by atoms with Gasteiger partial charge < -0.3 is 15.1 Å². The van der Waals surface area contributed by atoms with Crippen molar-refractivity contribution in [2.45, 2.75) is 13.3 Å². The quantitative estimate of drug-likeness (QED) is 0.754. The SMILES string of the molecule is CCN(c1ccccc1)c1cnc(C(=O)NCCCN(C)C)cn1. The number of nitrogens with one attached hydrogen (secondary N) is 1. The Kier molecular flexibility index (Phi) is 6.69. The molecule has 0 radical (unpaired) electrons. The van der Waals surface area contributed by atoms with Crippen LogP contribution in [0.5, 0.6) is 0 Å². The van der Waals surface area contributed by atoms with Gasteiger partial charge in [0, 0.05) is 18.8 Å². The number of nitrogens with zero attached hydrogens (tertiary/aromatic N) is 4. The number of anilines is 2. The number of amides is 1. The van der Waals surface area contributed by atoms with Gasteiger partial charge in [-0.3, -0.25) is 4.79 Å². The fourth-order valence-corrected chi connectivity index (χ4v) is 2.35. The highest BCUT2D eigenvalue weighted by atomic mass is 16.1. The third-order valence-corrected chi connectivity index (χ3v) is 3.60. The minimum absolute atomic E-state index is 0.185. The van der Waals surface area contributed by atoms with Crippen molar-refractivity contribution in [3.63, 3.8) is 0 Å². The lowest BCUT2D eigenvalue weighted by Gasteiger charge is -2.21. The minimum atomic E-state index is -0.185. The van der Waals surface area contributed by atoms with Crippen LogP contribution >= 0.6 is 0 Å². The van der Waals surface area contributed by atoms with Crippen molar-refractivity contribution in [3.05, 3.63) is 48.4 Å². The molecule has 0 aliphatic rings. The molecule has 1 N–H and O–H groups in total. The average molecular weight is 327 g/mol. The molecule has 0 saturated carbocycles. The van der Waals surface area contributed by atoms with E-state index in [4.69, 9.17) is 0 Å². The summed E-state index contributed by atoms with van der Waals surface area (Å²) in [5.41, 5.74) is 1.39. The molecule has 0 atom stereocenters. The van der Waals surface area contributed by atoms with Crippen molar-refractivity contribution in [1.29, 1.82) is 0 Å². The van der Waals surface area contributed by atoms with E-state index in [0.717, 1.165) is 31.0 Å². The van der Waals surface area contributed by atoms with E-state index in [1.54, 1.807) is 6.20 Å². The maximum atomic E-state index is 12.1. The van der Waals surface area contributed by atoms with Crippen LogP contribution in [0.2, 0.25) is 0 Å². The fourth-order valence-electron chi connectivity index (χ4n) is 2.35. The van der Waals surface area contributed by atoms with Gasteiger partial charge in [0.1, 0.15) is 5.69 Å². The molecule has 0 fully saturated rings. The van der Waals surface area contributed by atoms with Crippen molar-refractivity contribution in [3.8, 4) is 0 Å². The number of hydrogen-bond acceptors (Lipinski definition) is 5. The van der Waals surface area contributed by atoms with Gasteiger partial charge in [-0.05, 0) is 46.1 Å². The molecular weight excluding hydrogens is 302 g/mol. The van der Waals surface area contributed by atoms with Crippen LogP contribution in [0.15, 0.2) is 42.7 Å². The lowest BCUT2D eigenvalue weighted by Crippen LogP contribution is -2.28. The number of rotatable bonds is 8. The molecule has 6 nitrogen and oxygen atoms in total. The van der Waals surface area contributed by atoms with Crippen LogP contribution in [-0.4, -0.2) is 54.5 Å². The van der Waals surface area contributed by atoms with Gasteiger partial charge in [0.15, 0.2) is 5.82 Å². The van der Waals surface area contributed by atoms with Crippen molar-refractivity contribution < 1.29 is 4.79 Å². The molecule has 1 heterocycles. The van der Waals surface area contributed by atoms with Gasteiger partial charge >= 0.3 is 0 Å². The summed E-state index contributed by atoms with van der Waals surface area (Å²) in [5, 5.41) is 2.87. The van der Waals surface area contributed by atoms with Crippen LogP contribution < -0.4 is 10.2 Å². The predicted octanol–water partition coefficient (Wildman–Crippen LogP) is 2.32. The van der Waals surface area contributed by atoms with E-state index in [1.165, 1.54) is 6.20 Å². The number of benzene rings is 1. The van der Waals surface area contributed by atoms with E-state index in [1.807, 2.05) is 49.3 Å². The van der Waals surface area contributed by atoms with Crippen molar-refractivity contribution in [2.75, 3.05) is 38.6 Å². The Hall–Kier alpha value is -2.47. The summed E-state index contributed by atoms with van der Waals surface area (Å²) in [4.78, 5) is 24.9. The number of aromatic nitrogens is 2. The second kappa shape index (κ2) is 8.98. The van der Waals surface area contributed by atoms with Gasteiger partial charge in [0.05, 0.1) is 12.4 Å². The monoisotopic (exact) mass is 327 g/mol. The zero-order chi connectivity index (χ0) is 17.4. The van der Waals surface area contributed by atoms with Crippen LogP contribution in [0.1, 0.15) is 23.8 Å². The fraction of sp³-hybridized carbons (Fsp3) is 0.389. The van der Waals surface area contributed by atoms with Gasteiger partial charge in [-0.2, -0.15) is 0 Å². The lowest BCUT2D eigenvalue weighted by atomic mass is 10.3. The Balaban J connectivity index is 1.98. The Morgan fingerprint density at radius 1 is 1.12 bits per heavy atom. The Labute approximate surface area is 143 Å². The second-order valence-electron chi connectivity index (χ2n) is 5.75. The standard InChI is InChI=1S/C18H25N5O/c1-4-23(15-9-6-5-7-10-15)17-14-20-16(13-21-17)18(24)19-11-8-12-22(2)3/h5-7,9-10,13-14H,4,8,11-12H2,1-3H3,(H,19,24). The van der Waals surface area contributed by atoms with Crippen molar-refractivity contribution >= 4 is 17.4 Å². The first-order valence-electron chi connectivity index (χ1n) is 8.19. The lowest BCUT2D eigenvalue weighted by molar-refractivity contribution is 0.0947. The molecule has 1 aromatic heterocycles. The normalized spacial score (nSPS) is 10.7. The summed E-state index contributed by atoms with van der Waals surface area (Å²) < 4.78 is 0. The molecule has 1 aromatic carbocycles. The molecule has 0 aliphatic carbocycles. The smallest absolute Gasteiger partial charge is 0.271 e. The van der Waals surface area contributed by atoms with E-state index in [-0.39, 0.29) is 5.91 Å². The van der Waals surface area contributed by atoms with Gasteiger partial charge in [-0.25, -0.2) is 9.97 Å². The summed E-state index contributed by atoms with van der Waals surface area (Å²) >= 11 is 0. The first-order valence-corrected chi connectivity index (χ1v) is 8.19. The Morgan fingerprint density at radius 2 is 1.88 bits per heavy atom. The van der Waals surface area contributed by atoms with Crippen LogP contribution in [0.3, 0.4) is 0 Å². The minimum Gasteiger partial charge on any atom is -0.351 e. The van der Waals surface area contributed by atoms with Crippen LogP contribution in [0.4, 0.5) is 11.5 Å². The molecule has 128 valence electrons. The molecule has 0 aliphatic heterocycles. The average Bonchev–Trinajstić information content (AvgIpc) is 2.60. The molecule has 6 heteroatoms. The van der Waals surface area contributed by atoms with Crippen molar-refractivity contribution in [1.82, 2.24) is 20.2 Å². The Bertz CT molecular complexity index is 628. The first kappa shape index (κ1) is 17.9. The molecule has 0 bridgehead atoms. The zero-order valence-corrected chi connectivity index (χ0v) is 14.6. The summed E-state index contributed by atoms with van der Waals surface area (Å²) in [7, 11) is 4.02. The van der Waals surface area contributed by atoms with E-state index >= 15 is 0 Å². The maximum Gasteiger partial charge on any atom is 0.271 e.